The van der Waals surface area contributed by atoms with Crippen molar-refractivity contribution in [3.8, 4) is 0 Å². The minimum Gasteiger partial charge on any atom is -0.393 e. The van der Waals surface area contributed by atoms with Crippen LogP contribution in [0.4, 0.5) is 8.63 Å². The molecule has 0 unspecified atom stereocenters. The van der Waals surface area contributed by atoms with Crippen LogP contribution in [0.15, 0.2) is 71.7 Å². The molecule has 2 aromatic carbocycles. The fourth-order valence-corrected chi connectivity index (χ4v) is 7.91. The Kier molecular flexibility index (Phi) is 5.55. The number of pyridine rings is 2. The van der Waals surface area contributed by atoms with E-state index < -0.39 is 6.97 Å². The molecule has 2 aliphatic rings. The summed E-state index contributed by atoms with van der Waals surface area (Å²) in [6, 6.07) is 13.8. The fourth-order valence-electron chi connectivity index (χ4n) is 7.91. The third-order valence-corrected chi connectivity index (χ3v) is 9.80. The van der Waals surface area contributed by atoms with Crippen LogP contribution in [0.25, 0.3) is 49.4 Å². The van der Waals surface area contributed by atoms with Crippen molar-refractivity contribution >= 4 is 62.1 Å². The molecule has 0 bridgehead atoms. The van der Waals surface area contributed by atoms with Gasteiger partial charge in [-0.2, -0.15) is 0 Å². The highest BCUT2D eigenvalue weighted by Gasteiger charge is 2.56. The maximum atomic E-state index is 16.7. The molecule has 0 aliphatic carbocycles. The van der Waals surface area contributed by atoms with Crippen LogP contribution in [0.3, 0.4) is 0 Å². The fraction of sp³-hybridized carbons (Fsp3) is 0.229. The largest absolute Gasteiger partial charge is 0.737 e. The van der Waals surface area contributed by atoms with Gasteiger partial charge in [0, 0.05) is 46.9 Å². The van der Waals surface area contributed by atoms with E-state index >= 15 is 8.63 Å². The van der Waals surface area contributed by atoms with Gasteiger partial charge >= 0.3 is 6.97 Å². The SMILES string of the molecule is CCC1=C(C)C2=C(c3ccc4nc5c6cccnc6c6ncccc6c5nc4c3)c3c(C)c(CC)c(C)n3[B-](F)(F)[N+]2=C1C. The predicted octanol–water partition coefficient (Wildman–Crippen LogP) is 8.07. The van der Waals surface area contributed by atoms with Crippen molar-refractivity contribution in [2.75, 3.05) is 0 Å². The Labute approximate surface area is 253 Å². The van der Waals surface area contributed by atoms with Gasteiger partial charge in [0.15, 0.2) is 5.70 Å². The van der Waals surface area contributed by atoms with Crippen molar-refractivity contribution in [3.05, 3.63) is 99.8 Å². The van der Waals surface area contributed by atoms with Gasteiger partial charge in [-0.3, -0.25) is 9.97 Å². The van der Waals surface area contributed by atoms with E-state index in [1.54, 1.807) is 12.4 Å². The van der Waals surface area contributed by atoms with Crippen molar-refractivity contribution in [3.63, 3.8) is 0 Å². The summed E-state index contributed by atoms with van der Waals surface area (Å²) in [5.74, 6) is 0. The van der Waals surface area contributed by atoms with Crippen molar-refractivity contribution in [2.24, 2.45) is 0 Å². The molecule has 0 saturated carbocycles. The third-order valence-electron chi connectivity index (χ3n) is 9.80. The summed E-state index contributed by atoms with van der Waals surface area (Å²) in [7, 11) is 0. The van der Waals surface area contributed by atoms with Crippen LogP contribution in [0.5, 0.6) is 0 Å². The lowest BCUT2D eigenvalue weighted by atomic mass is 9.83. The molecule has 0 saturated heterocycles. The second kappa shape index (κ2) is 9.11. The Morgan fingerprint density at radius 3 is 2.05 bits per heavy atom. The quantitative estimate of drug-likeness (QED) is 0.120. The number of halogens is 2. The van der Waals surface area contributed by atoms with E-state index in [9.17, 15) is 0 Å². The summed E-state index contributed by atoms with van der Waals surface area (Å²) >= 11 is 0. The van der Waals surface area contributed by atoms with E-state index in [4.69, 9.17) is 9.97 Å². The monoisotopic (exact) mass is 584 g/mol. The van der Waals surface area contributed by atoms with Gasteiger partial charge in [-0.25, -0.2) is 9.97 Å². The molecule has 9 heteroatoms. The van der Waals surface area contributed by atoms with Gasteiger partial charge in [0.05, 0.1) is 38.7 Å². The van der Waals surface area contributed by atoms with Crippen molar-refractivity contribution in [1.29, 1.82) is 0 Å². The van der Waals surface area contributed by atoms with Gasteiger partial charge in [-0.05, 0) is 92.4 Å². The van der Waals surface area contributed by atoms with Crippen molar-refractivity contribution < 1.29 is 13.1 Å². The lowest BCUT2D eigenvalue weighted by Crippen LogP contribution is -2.51. The molecule has 6 heterocycles. The summed E-state index contributed by atoms with van der Waals surface area (Å²) in [6.07, 6.45) is 4.90. The molecule has 0 atom stereocenters. The minimum absolute atomic E-state index is 0.597. The highest BCUT2D eigenvalue weighted by molar-refractivity contribution is 6.58. The lowest BCUT2D eigenvalue weighted by Gasteiger charge is -2.34. The van der Waals surface area contributed by atoms with Crippen LogP contribution in [0.2, 0.25) is 0 Å². The highest BCUT2D eigenvalue weighted by atomic mass is 19.2. The highest BCUT2D eigenvalue weighted by Crippen LogP contribution is 2.47. The predicted molar refractivity (Wildman–Crippen MR) is 174 cm³/mol. The molecule has 4 aromatic heterocycles. The zero-order chi connectivity index (χ0) is 30.7. The molecule has 0 fully saturated rings. The lowest BCUT2D eigenvalue weighted by molar-refractivity contribution is -0.363. The smallest absolute Gasteiger partial charge is 0.393 e. The normalized spacial score (nSPS) is 16.3. The van der Waals surface area contributed by atoms with Gasteiger partial charge in [0.1, 0.15) is 5.71 Å². The first-order valence-corrected chi connectivity index (χ1v) is 15.2. The van der Waals surface area contributed by atoms with E-state index in [2.05, 4.69) is 9.97 Å². The van der Waals surface area contributed by atoms with Crippen molar-refractivity contribution in [2.45, 2.75) is 54.4 Å². The van der Waals surface area contributed by atoms with E-state index in [1.165, 1.54) is 8.96 Å². The Morgan fingerprint density at radius 2 is 1.43 bits per heavy atom. The summed E-state index contributed by atoms with van der Waals surface area (Å²) in [6.45, 7) is 7.61. The number of benzene rings is 2. The first-order valence-electron chi connectivity index (χ1n) is 15.2. The summed E-state index contributed by atoms with van der Waals surface area (Å²) in [4.78, 5) is 19.5. The van der Waals surface area contributed by atoms with E-state index in [0.717, 1.165) is 71.8 Å². The summed E-state index contributed by atoms with van der Waals surface area (Å²) in [5.41, 5.74) is 12.4. The molecule has 0 spiro atoms. The zero-order valence-electron chi connectivity index (χ0n) is 25.6. The molecular formula is C35H31BF2N6. The van der Waals surface area contributed by atoms with Crippen LogP contribution in [-0.4, -0.2) is 41.6 Å². The van der Waals surface area contributed by atoms with Gasteiger partial charge in [0.25, 0.3) is 0 Å². The van der Waals surface area contributed by atoms with Gasteiger partial charge < -0.3 is 17.6 Å². The number of rotatable bonds is 3. The van der Waals surface area contributed by atoms with Crippen LogP contribution >= 0.6 is 0 Å². The average Bonchev–Trinajstić information content (AvgIpc) is 3.44. The molecule has 0 N–H and O–H groups in total. The number of nitrogens with zero attached hydrogens (tertiary/aromatic N) is 6. The van der Waals surface area contributed by atoms with Gasteiger partial charge in [-0.1, -0.05) is 19.9 Å². The number of fused-ring (bicyclic) bond motifs is 9. The topological polar surface area (TPSA) is 59.5 Å². The first-order chi connectivity index (χ1) is 21.2. The average molecular weight is 584 g/mol. The first kappa shape index (κ1) is 26.8. The third kappa shape index (κ3) is 3.27. The Morgan fingerprint density at radius 1 is 0.795 bits per heavy atom. The molecular weight excluding hydrogens is 553 g/mol. The summed E-state index contributed by atoms with van der Waals surface area (Å²) in [5, 5.41) is 1.77. The standard InChI is InChI=1S/C35H31BF2N6/c1-7-23-18(3)34-29(35-19(4)24(8-2)21(6)44(35)36(37,38)43(34)20(23)5)22-13-14-27-28(17-22)42-33-26-12-10-16-40-31(26)30-25(32(33)41-27)11-9-15-39-30/h9-17H,7-8H2,1-6H3. The van der Waals surface area contributed by atoms with Crippen LogP contribution < -0.4 is 0 Å². The molecule has 2 aliphatic heterocycles. The molecule has 6 aromatic rings. The van der Waals surface area contributed by atoms with Crippen LogP contribution in [0.1, 0.15) is 62.2 Å². The molecule has 0 amide bonds. The Bertz CT molecular complexity index is 2380. The van der Waals surface area contributed by atoms with Gasteiger partial charge in [-0.15, -0.1) is 0 Å². The maximum Gasteiger partial charge on any atom is 0.737 e. The molecule has 44 heavy (non-hydrogen) atoms. The molecule has 8 rings (SSSR count). The maximum absolute atomic E-state index is 16.7. The number of allylic oxidation sites excluding steroid dienone is 2. The number of aromatic nitrogens is 5. The van der Waals surface area contributed by atoms with Gasteiger partial charge in [0.2, 0.25) is 0 Å². The number of hydrogen-bond donors (Lipinski definition) is 0. The minimum atomic E-state index is -4.09. The number of hydrogen-bond acceptors (Lipinski definition) is 4. The van der Waals surface area contributed by atoms with E-state index in [-0.39, 0.29) is 0 Å². The molecule has 6 nitrogen and oxygen atoms in total. The second-order valence-corrected chi connectivity index (χ2v) is 11.9. The van der Waals surface area contributed by atoms with Crippen LogP contribution in [-0.2, 0) is 6.42 Å². The Hall–Kier alpha value is -4.79. The second-order valence-electron chi connectivity index (χ2n) is 11.9. The Balaban J connectivity index is 1.49. The van der Waals surface area contributed by atoms with Crippen LogP contribution in [0, 0.1) is 13.8 Å². The molecule has 0 radical (unpaired) electrons. The zero-order valence-corrected chi connectivity index (χ0v) is 25.6. The van der Waals surface area contributed by atoms with Crippen molar-refractivity contribution in [1.82, 2.24) is 24.4 Å². The summed E-state index contributed by atoms with van der Waals surface area (Å²) < 4.78 is 36.0. The van der Waals surface area contributed by atoms with E-state index in [0.29, 0.717) is 41.2 Å². The van der Waals surface area contributed by atoms with E-state index in [1.807, 2.05) is 84.0 Å². The molecule has 218 valence electrons.